The van der Waals surface area contributed by atoms with Crippen LogP contribution in [0.1, 0.15) is 37.7 Å². The number of benzene rings is 1. The van der Waals surface area contributed by atoms with Crippen molar-refractivity contribution in [3.05, 3.63) is 35.2 Å². The van der Waals surface area contributed by atoms with Gasteiger partial charge in [-0.2, -0.15) is 5.10 Å². The highest BCUT2D eigenvalue weighted by molar-refractivity contribution is 6.74. The van der Waals surface area contributed by atoms with Gasteiger partial charge in [0, 0.05) is 11.3 Å². The predicted molar refractivity (Wildman–Crippen MR) is 110 cm³/mol. The summed E-state index contributed by atoms with van der Waals surface area (Å²) in [6.07, 6.45) is 3.93. The molecular formula is C20H30N2O3Si. The number of ether oxygens (including phenoxy) is 2. The average molecular weight is 375 g/mol. The Morgan fingerprint density at radius 1 is 1.04 bits per heavy atom. The maximum absolute atomic E-state index is 6.54. The molecule has 0 saturated heterocycles. The molecule has 0 saturated carbocycles. The van der Waals surface area contributed by atoms with Crippen molar-refractivity contribution >= 4 is 20.5 Å². The van der Waals surface area contributed by atoms with E-state index in [9.17, 15) is 0 Å². The van der Waals surface area contributed by atoms with Gasteiger partial charge >= 0.3 is 0 Å². The van der Waals surface area contributed by atoms with Crippen LogP contribution in [0, 0.1) is 6.92 Å². The molecule has 0 amide bonds. The zero-order chi connectivity index (χ0) is 19.5. The predicted octanol–water partition coefficient (Wildman–Crippen LogP) is 5.29. The van der Waals surface area contributed by atoms with Crippen molar-refractivity contribution in [2.24, 2.45) is 0 Å². The third-order valence-electron chi connectivity index (χ3n) is 4.85. The van der Waals surface area contributed by atoms with Gasteiger partial charge in [0.1, 0.15) is 0 Å². The Hall–Kier alpha value is -2.21. The summed E-state index contributed by atoms with van der Waals surface area (Å²) < 4.78 is 17.8. The molecule has 1 aromatic carbocycles. The van der Waals surface area contributed by atoms with Crippen LogP contribution < -0.4 is 13.9 Å². The Kier molecular flexibility index (Phi) is 5.86. The fraction of sp³-hybridized carbons (Fsp3) is 0.450. The molecule has 5 nitrogen and oxygen atoms in total. The van der Waals surface area contributed by atoms with Crippen LogP contribution in [-0.4, -0.2) is 32.7 Å². The number of aromatic nitrogens is 2. The van der Waals surface area contributed by atoms with Gasteiger partial charge < -0.3 is 13.9 Å². The van der Waals surface area contributed by atoms with Crippen LogP contribution in [0.5, 0.6) is 17.2 Å². The lowest BCUT2D eigenvalue weighted by Crippen LogP contribution is -2.44. The van der Waals surface area contributed by atoms with Crippen LogP contribution in [0.15, 0.2) is 18.2 Å². The number of aromatic amines is 1. The topological polar surface area (TPSA) is 56.4 Å². The first-order valence-electron chi connectivity index (χ1n) is 8.73. The Morgan fingerprint density at radius 2 is 1.73 bits per heavy atom. The number of methoxy groups -OCH3 is 2. The van der Waals surface area contributed by atoms with Crippen molar-refractivity contribution in [1.29, 1.82) is 0 Å². The van der Waals surface area contributed by atoms with E-state index in [1.807, 2.05) is 37.3 Å². The first-order valence-corrected chi connectivity index (χ1v) is 11.6. The van der Waals surface area contributed by atoms with Crippen LogP contribution in [0.4, 0.5) is 0 Å². The maximum Gasteiger partial charge on any atom is 0.250 e. The summed E-state index contributed by atoms with van der Waals surface area (Å²) in [6, 6.07) is 5.87. The standard InChI is InChI=1S/C20H30N2O3Si/c1-14-13-16(22-21-14)11-9-15-10-12-17(23-5)19(18(15)24-6)25-26(7,8)20(2,3)4/h9-13H,1-8H3,(H,21,22)/b11-9+. The second-order valence-electron chi connectivity index (χ2n) is 7.89. The number of nitrogens with zero attached hydrogens (tertiary/aromatic N) is 1. The molecule has 1 N–H and O–H groups in total. The fourth-order valence-corrected chi connectivity index (χ4v) is 3.28. The quantitative estimate of drug-likeness (QED) is 0.698. The zero-order valence-electron chi connectivity index (χ0n) is 17.1. The van der Waals surface area contributed by atoms with Gasteiger partial charge in [-0.05, 0) is 55.4 Å². The molecule has 0 aliphatic carbocycles. The van der Waals surface area contributed by atoms with Gasteiger partial charge in [-0.3, -0.25) is 5.10 Å². The van der Waals surface area contributed by atoms with E-state index in [2.05, 4.69) is 44.1 Å². The normalized spacial score (nSPS) is 12.5. The van der Waals surface area contributed by atoms with Crippen LogP contribution in [0.3, 0.4) is 0 Å². The molecule has 0 unspecified atom stereocenters. The van der Waals surface area contributed by atoms with Gasteiger partial charge in [-0.1, -0.05) is 20.8 Å². The molecule has 0 aliphatic heterocycles. The number of hydrogen-bond acceptors (Lipinski definition) is 4. The molecule has 26 heavy (non-hydrogen) atoms. The van der Waals surface area contributed by atoms with Gasteiger partial charge in [-0.15, -0.1) is 0 Å². The summed E-state index contributed by atoms with van der Waals surface area (Å²) in [5.41, 5.74) is 2.81. The zero-order valence-corrected chi connectivity index (χ0v) is 18.1. The highest BCUT2D eigenvalue weighted by Gasteiger charge is 2.40. The van der Waals surface area contributed by atoms with E-state index in [4.69, 9.17) is 13.9 Å². The molecule has 0 radical (unpaired) electrons. The molecule has 142 valence electrons. The number of hydrogen-bond donors (Lipinski definition) is 1. The molecular weight excluding hydrogens is 344 g/mol. The van der Waals surface area contributed by atoms with Crippen molar-refractivity contribution in [3.8, 4) is 17.2 Å². The lowest BCUT2D eigenvalue weighted by atomic mass is 10.1. The molecule has 0 aliphatic rings. The van der Waals surface area contributed by atoms with E-state index in [-0.39, 0.29) is 5.04 Å². The summed E-state index contributed by atoms with van der Waals surface area (Å²) in [5, 5.41) is 7.24. The Bertz CT molecular complexity index is 789. The summed E-state index contributed by atoms with van der Waals surface area (Å²) in [6.45, 7) is 13.0. The van der Waals surface area contributed by atoms with Crippen molar-refractivity contribution < 1.29 is 13.9 Å². The molecule has 0 spiro atoms. The van der Waals surface area contributed by atoms with E-state index in [0.717, 1.165) is 17.0 Å². The molecule has 2 rings (SSSR count). The van der Waals surface area contributed by atoms with E-state index in [0.29, 0.717) is 17.2 Å². The summed E-state index contributed by atoms with van der Waals surface area (Å²) in [4.78, 5) is 0. The average Bonchev–Trinajstić information content (AvgIpc) is 2.97. The Morgan fingerprint density at radius 3 is 2.23 bits per heavy atom. The van der Waals surface area contributed by atoms with E-state index >= 15 is 0 Å². The van der Waals surface area contributed by atoms with Crippen molar-refractivity contribution in [1.82, 2.24) is 10.2 Å². The monoisotopic (exact) mass is 374 g/mol. The lowest BCUT2D eigenvalue weighted by Gasteiger charge is -2.37. The molecule has 0 atom stereocenters. The summed E-state index contributed by atoms with van der Waals surface area (Å²) >= 11 is 0. The maximum atomic E-state index is 6.54. The first kappa shape index (κ1) is 20.1. The smallest absolute Gasteiger partial charge is 0.250 e. The Balaban J connectivity index is 2.47. The number of H-pyrrole nitrogens is 1. The van der Waals surface area contributed by atoms with E-state index in [1.165, 1.54) is 0 Å². The minimum atomic E-state index is -2.05. The molecule has 1 heterocycles. The number of nitrogens with one attached hydrogen (secondary N) is 1. The van der Waals surface area contributed by atoms with Crippen LogP contribution in [0.2, 0.25) is 18.1 Å². The largest absolute Gasteiger partial charge is 0.539 e. The van der Waals surface area contributed by atoms with Gasteiger partial charge in [0.15, 0.2) is 17.2 Å². The van der Waals surface area contributed by atoms with E-state index < -0.39 is 8.32 Å². The number of aryl methyl sites for hydroxylation is 1. The summed E-state index contributed by atoms with van der Waals surface area (Å²) in [7, 11) is 1.26. The third-order valence-corrected chi connectivity index (χ3v) is 9.18. The second kappa shape index (κ2) is 7.58. The lowest BCUT2D eigenvalue weighted by molar-refractivity contribution is 0.354. The van der Waals surface area contributed by atoms with Crippen LogP contribution in [-0.2, 0) is 0 Å². The highest BCUT2D eigenvalue weighted by Crippen LogP contribution is 2.46. The van der Waals surface area contributed by atoms with Crippen molar-refractivity contribution in [2.45, 2.75) is 45.8 Å². The van der Waals surface area contributed by atoms with E-state index in [1.54, 1.807) is 14.2 Å². The van der Waals surface area contributed by atoms with Gasteiger partial charge in [-0.25, -0.2) is 0 Å². The summed E-state index contributed by atoms with van der Waals surface area (Å²) in [5.74, 6) is 2.03. The van der Waals surface area contributed by atoms with Gasteiger partial charge in [0.05, 0.1) is 19.9 Å². The van der Waals surface area contributed by atoms with Gasteiger partial charge in [0.2, 0.25) is 0 Å². The highest BCUT2D eigenvalue weighted by atomic mass is 28.4. The fourth-order valence-electron chi connectivity index (χ4n) is 2.27. The molecule has 0 bridgehead atoms. The molecule has 0 fully saturated rings. The van der Waals surface area contributed by atoms with Crippen LogP contribution in [0.25, 0.3) is 12.2 Å². The third kappa shape index (κ3) is 4.30. The minimum Gasteiger partial charge on any atom is -0.539 e. The van der Waals surface area contributed by atoms with Crippen molar-refractivity contribution in [2.75, 3.05) is 14.2 Å². The molecule has 2 aromatic rings. The van der Waals surface area contributed by atoms with Gasteiger partial charge in [0.25, 0.3) is 8.32 Å². The molecule has 6 heteroatoms. The Labute approximate surface area is 157 Å². The van der Waals surface area contributed by atoms with Crippen molar-refractivity contribution in [3.63, 3.8) is 0 Å². The SMILES string of the molecule is COc1ccc(/C=C/c2cc(C)[nH]n2)c(OC)c1O[Si](C)(C)C(C)(C)C. The van der Waals surface area contributed by atoms with Crippen LogP contribution >= 0.6 is 0 Å². The second-order valence-corrected chi connectivity index (χ2v) is 12.6. The number of rotatable bonds is 6. The first-order chi connectivity index (χ1) is 12.1. The minimum absolute atomic E-state index is 0.0709. The molecule has 1 aromatic heterocycles.